The number of benzene rings is 11. The van der Waals surface area contributed by atoms with Crippen LogP contribution in [-0.4, -0.2) is 4.57 Å². The highest BCUT2D eigenvalue weighted by molar-refractivity contribution is 6.11. The Labute approximate surface area is 408 Å². The first-order valence-corrected chi connectivity index (χ1v) is 24.2. The summed E-state index contributed by atoms with van der Waals surface area (Å²) in [6.45, 7) is 0. The molecular weight excluding hydrogens is 847 g/mol. The largest absolute Gasteiger partial charge is 0.310 e. The summed E-state index contributed by atoms with van der Waals surface area (Å²) in [6.07, 6.45) is 0. The normalized spacial score (nSPS) is 14.1. The maximum Gasteiger partial charge on any atom is 0.0727 e. The minimum absolute atomic E-state index is 0.593. The van der Waals surface area contributed by atoms with Gasteiger partial charge in [0.25, 0.3) is 0 Å². The standard InChI is InChI=1S/C67H45N3/c1-5-22-46(23-6-1)47-24-19-31-51(44-47)69(52-42-43-54-53-32-15-18-39-61(53)70(64(54)45-52)50-29-11-4-12-30-50)63-41-21-38-60-66(63)56-34-14-17-36-58(56)67(60)57-35-16-13-33-55(57)65-59(67)37-20-40-62(65)68(48-25-7-2-8-26-48)49-27-9-3-10-28-49/h1-45H. The van der Waals surface area contributed by atoms with Gasteiger partial charge in [-0.25, -0.2) is 0 Å². The van der Waals surface area contributed by atoms with E-state index in [-0.39, 0.29) is 0 Å². The molecule has 12 aromatic rings. The second-order valence-corrected chi connectivity index (χ2v) is 18.4. The lowest BCUT2D eigenvalue weighted by atomic mass is 9.70. The zero-order valence-corrected chi connectivity index (χ0v) is 38.3. The van der Waals surface area contributed by atoms with Crippen molar-refractivity contribution in [1.29, 1.82) is 0 Å². The van der Waals surface area contributed by atoms with Gasteiger partial charge in [-0.3, -0.25) is 0 Å². The number of para-hydroxylation sites is 4. The van der Waals surface area contributed by atoms with E-state index in [0.717, 1.165) is 45.3 Å². The zero-order valence-electron chi connectivity index (χ0n) is 38.3. The number of hydrogen-bond acceptors (Lipinski definition) is 2. The summed E-state index contributed by atoms with van der Waals surface area (Å²) in [5.74, 6) is 0. The van der Waals surface area contributed by atoms with E-state index in [4.69, 9.17) is 0 Å². The number of hydrogen-bond donors (Lipinski definition) is 0. The fraction of sp³-hybridized carbons (Fsp3) is 0.0149. The first-order valence-electron chi connectivity index (χ1n) is 24.2. The van der Waals surface area contributed by atoms with Gasteiger partial charge in [0.05, 0.1) is 27.8 Å². The van der Waals surface area contributed by atoms with Gasteiger partial charge in [-0.05, 0) is 123 Å². The van der Waals surface area contributed by atoms with Crippen molar-refractivity contribution in [3.8, 4) is 39.1 Å². The molecular formula is C67H45N3. The van der Waals surface area contributed by atoms with Crippen molar-refractivity contribution in [2.75, 3.05) is 9.80 Å². The maximum absolute atomic E-state index is 2.51. The molecule has 0 saturated heterocycles. The first kappa shape index (κ1) is 39.9. The van der Waals surface area contributed by atoms with Gasteiger partial charge in [0, 0.05) is 50.3 Å². The van der Waals surface area contributed by atoms with Crippen LogP contribution < -0.4 is 9.80 Å². The first-order chi connectivity index (χ1) is 34.8. The fourth-order valence-corrected chi connectivity index (χ4v) is 12.0. The zero-order chi connectivity index (χ0) is 46.2. The third kappa shape index (κ3) is 5.88. The molecule has 2 aliphatic rings. The molecule has 2 aliphatic carbocycles. The molecule has 14 rings (SSSR count). The third-order valence-electron chi connectivity index (χ3n) is 14.7. The molecule has 0 aliphatic heterocycles. The van der Waals surface area contributed by atoms with Gasteiger partial charge in [-0.2, -0.15) is 0 Å². The van der Waals surface area contributed by atoms with E-state index < -0.39 is 5.41 Å². The molecule has 328 valence electrons. The van der Waals surface area contributed by atoms with Gasteiger partial charge < -0.3 is 14.4 Å². The highest BCUT2D eigenvalue weighted by Gasteiger charge is 2.53. The Kier molecular flexibility index (Phi) is 9.11. The summed E-state index contributed by atoms with van der Waals surface area (Å²) in [6, 6.07) is 100. The number of anilines is 6. The van der Waals surface area contributed by atoms with Crippen LogP contribution in [0.3, 0.4) is 0 Å². The predicted molar refractivity (Wildman–Crippen MR) is 292 cm³/mol. The predicted octanol–water partition coefficient (Wildman–Crippen LogP) is 17.7. The van der Waals surface area contributed by atoms with Gasteiger partial charge in [0.1, 0.15) is 0 Å². The van der Waals surface area contributed by atoms with Gasteiger partial charge in [0.2, 0.25) is 0 Å². The summed E-state index contributed by atoms with van der Waals surface area (Å²) in [5.41, 5.74) is 22.1. The SMILES string of the molecule is c1ccc(-c2cccc(N(c3ccc4c5ccccc5n(-c5ccccc5)c4c3)c3cccc4c3-c3ccccc3C43c4ccccc4-c4c(N(c5ccccc5)c5ccccc5)cccc43)c2)cc1. The van der Waals surface area contributed by atoms with Crippen molar-refractivity contribution in [3.63, 3.8) is 0 Å². The van der Waals surface area contributed by atoms with E-state index in [2.05, 4.69) is 287 Å². The van der Waals surface area contributed by atoms with Crippen molar-refractivity contribution in [1.82, 2.24) is 4.57 Å². The van der Waals surface area contributed by atoms with Crippen LogP contribution in [0.5, 0.6) is 0 Å². The van der Waals surface area contributed by atoms with Crippen LogP contribution in [0.25, 0.3) is 60.9 Å². The highest BCUT2D eigenvalue weighted by Crippen LogP contribution is 2.66. The van der Waals surface area contributed by atoms with E-state index in [1.54, 1.807) is 0 Å². The molecule has 0 fully saturated rings. The Hall–Kier alpha value is -9.18. The summed E-state index contributed by atoms with van der Waals surface area (Å²) < 4.78 is 2.42. The van der Waals surface area contributed by atoms with E-state index >= 15 is 0 Å². The molecule has 1 spiro atoms. The number of aromatic nitrogens is 1. The van der Waals surface area contributed by atoms with Gasteiger partial charge in [0.15, 0.2) is 0 Å². The molecule has 1 atom stereocenters. The summed E-state index contributed by atoms with van der Waals surface area (Å²) in [4.78, 5) is 4.94. The molecule has 3 heteroatoms. The Balaban J connectivity index is 1.05. The van der Waals surface area contributed by atoms with E-state index in [9.17, 15) is 0 Å². The third-order valence-corrected chi connectivity index (χ3v) is 14.7. The quantitative estimate of drug-likeness (QED) is 0.151. The summed E-state index contributed by atoms with van der Waals surface area (Å²) in [5, 5.41) is 2.46. The molecule has 0 amide bonds. The lowest BCUT2D eigenvalue weighted by molar-refractivity contribution is 0.793. The highest BCUT2D eigenvalue weighted by atomic mass is 15.2. The van der Waals surface area contributed by atoms with Crippen LogP contribution in [0.1, 0.15) is 22.3 Å². The van der Waals surface area contributed by atoms with E-state index in [1.807, 2.05) is 0 Å². The van der Waals surface area contributed by atoms with E-state index in [0.29, 0.717) is 0 Å². The Morgan fingerprint density at radius 3 is 1.36 bits per heavy atom. The van der Waals surface area contributed by atoms with Gasteiger partial charge in [-0.1, -0.05) is 194 Å². The molecule has 11 aromatic carbocycles. The van der Waals surface area contributed by atoms with Crippen LogP contribution in [0.15, 0.2) is 273 Å². The minimum Gasteiger partial charge on any atom is -0.310 e. The molecule has 0 saturated carbocycles. The van der Waals surface area contributed by atoms with Gasteiger partial charge >= 0.3 is 0 Å². The summed E-state index contributed by atoms with van der Waals surface area (Å²) in [7, 11) is 0. The molecule has 1 heterocycles. The van der Waals surface area contributed by atoms with Crippen LogP contribution in [0.4, 0.5) is 34.1 Å². The Morgan fingerprint density at radius 1 is 0.286 bits per heavy atom. The second-order valence-electron chi connectivity index (χ2n) is 18.4. The average molecular weight is 892 g/mol. The van der Waals surface area contributed by atoms with Crippen molar-refractivity contribution in [2.45, 2.75) is 5.41 Å². The minimum atomic E-state index is -0.593. The number of fused-ring (bicyclic) bond motifs is 13. The van der Waals surface area contributed by atoms with Crippen molar-refractivity contribution < 1.29 is 0 Å². The molecule has 70 heavy (non-hydrogen) atoms. The maximum atomic E-state index is 2.51. The van der Waals surface area contributed by atoms with Crippen LogP contribution in [0.2, 0.25) is 0 Å². The molecule has 3 nitrogen and oxygen atoms in total. The van der Waals surface area contributed by atoms with Crippen molar-refractivity contribution >= 4 is 55.9 Å². The molecule has 1 unspecified atom stereocenters. The molecule has 0 N–H and O–H groups in total. The average Bonchev–Trinajstić information content (AvgIpc) is 4.05. The fourth-order valence-electron chi connectivity index (χ4n) is 12.0. The smallest absolute Gasteiger partial charge is 0.0727 e. The van der Waals surface area contributed by atoms with Gasteiger partial charge in [-0.15, -0.1) is 0 Å². The van der Waals surface area contributed by atoms with Crippen LogP contribution >= 0.6 is 0 Å². The number of nitrogens with zero attached hydrogens (tertiary/aromatic N) is 3. The lowest BCUT2D eigenvalue weighted by Gasteiger charge is -2.32. The molecule has 0 bridgehead atoms. The second kappa shape index (κ2) is 16.0. The molecule has 0 radical (unpaired) electrons. The van der Waals surface area contributed by atoms with Crippen molar-refractivity contribution in [2.24, 2.45) is 0 Å². The van der Waals surface area contributed by atoms with Crippen molar-refractivity contribution in [3.05, 3.63) is 295 Å². The Bertz CT molecular complexity index is 3910. The van der Waals surface area contributed by atoms with Crippen LogP contribution in [-0.2, 0) is 5.41 Å². The van der Waals surface area contributed by atoms with Crippen LogP contribution in [0, 0.1) is 0 Å². The topological polar surface area (TPSA) is 11.4 Å². The molecule has 1 aromatic heterocycles. The number of rotatable bonds is 8. The lowest BCUT2D eigenvalue weighted by Crippen LogP contribution is -2.26. The van der Waals surface area contributed by atoms with E-state index in [1.165, 1.54) is 71.9 Å². The summed E-state index contributed by atoms with van der Waals surface area (Å²) >= 11 is 0. The Morgan fingerprint density at radius 2 is 0.729 bits per heavy atom. The monoisotopic (exact) mass is 891 g/mol.